The molecule has 6 N–H and O–H groups in total. The van der Waals surface area contributed by atoms with E-state index in [1.807, 2.05) is 12.1 Å². The number of piperazine rings is 1. The summed E-state index contributed by atoms with van der Waals surface area (Å²) in [7, 11) is 0. The highest BCUT2D eigenvalue weighted by Crippen LogP contribution is 2.26. The molecule has 0 saturated carbocycles. The molecule has 0 bridgehead atoms. The zero-order chi connectivity index (χ0) is 30.2. The Balaban J connectivity index is 1.52. The van der Waals surface area contributed by atoms with Crippen molar-refractivity contribution in [1.29, 1.82) is 0 Å². The summed E-state index contributed by atoms with van der Waals surface area (Å²) in [6, 6.07) is 21.6. The van der Waals surface area contributed by atoms with Crippen LogP contribution in [0.25, 0.3) is 10.8 Å². The Kier molecular flexibility index (Phi) is 11.0. The topological polar surface area (TPSA) is 114 Å². The Hall–Kier alpha value is -3.42. The minimum atomic E-state index is 0.00571. The highest BCUT2D eigenvalue weighted by molar-refractivity contribution is 5.85. The first-order valence-corrected chi connectivity index (χ1v) is 15.5. The van der Waals surface area contributed by atoms with E-state index in [2.05, 4.69) is 91.0 Å². The molecular weight excluding hydrogens is 520 g/mol. The second kappa shape index (κ2) is 14.7. The summed E-state index contributed by atoms with van der Waals surface area (Å²) in [6.45, 7) is 11.7. The molecule has 42 heavy (non-hydrogen) atoms. The third kappa shape index (κ3) is 8.79. The van der Waals surface area contributed by atoms with Crippen molar-refractivity contribution < 1.29 is 4.79 Å². The predicted molar refractivity (Wildman–Crippen MR) is 175 cm³/mol. The van der Waals surface area contributed by atoms with Crippen molar-refractivity contribution in [3.05, 3.63) is 82.9 Å². The lowest BCUT2D eigenvalue weighted by atomic mass is 9.93. The number of amides is 1. The lowest BCUT2D eigenvalue weighted by molar-refractivity contribution is -0.138. The predicted octanol–water partition coefficient (Wildman–Crippen LogP) is 4.55. The van der Waals surface area contributed by atoms with E-state index in [0.29, 0.717) is 25.4 Å². The van der Waals surface area contributed by atoms with Crippen LogP contribution >= 0.6 is 0 Å². The van der Waals surface area contributed by atoms with Crippen LogP contribution in [0.4, 0.5) is 0 Å². The van der Waals surface area contributed by atoms with Crippen LogP contribution < -0.4 is 17.2 Å². The van der Waals surface area contributed by atoms with E-state index in [9.17, 15) is 4.79 Å². The molecule has 1 saturated heterocycles. The van der Waals surface area contributed by atoms with E-state index >= 15 is 0 Å². The first-order valence-electron chi connectivity index (χ1n) is 15.5. The number of hydrogen-bond acceptors (Lipinski definition) is 4. The van der Waals surface area contributed by atoms with Gasteiger partial charge >= 0.3 is 0 Å². The number of hydrogen-bond donors (Lipinski definition) is 3. The molecule has 7 nitrogen and oxygen atoms in total. The molecule has 7 heteroatoms. The van der Waals surface area contributed by atoms with E-state index in [1.165, 1.54) is 27.5 Å². The number of fused-ring (bicyclic) bond motifs is 1. The Morgan fingerprint density at radius 3 is 2.45 bits per heavy atom. The van der Waals surface area contributed by atoms with Crippen molar-refractivity contribution in [2.24, 2.45) is 28.1 Å². The number of carbonyl (C=O) groups excluding carboxylic acids is 1. The Labute approximate surface area is 252 Å². The fourth-order valence-corrected chi connectivity index (χ4v) is 6.44. The van der Waals surface area contributed by atoms with Gasteiger partial charge in [0.25, 0.3) is 0 Å². The smallest absolute Gasteiger partial charge is 0.227 e. The summed E-state index contributed by atoms with van der Waals surface area (Å²) in [5.74, 6) is 0.801. The largest absolute Gasteiger partial charge is 0.370 e. The molecule has 1 fully saturated rings. The highest BCUT2D eigenvalue weighted by atomic mass is 16.2. The van der Waals surface area contributed by atoms with E-state index in [0.717, 1.165) is 44.3 Å². The number of aliphatic imine (C=N–C) groups is 1. The molecule has 226 valence electrons. The molecule has 1 heterocycles. The first kappa shape index (κ1) is 31.5. The standard InChI is InChI=1S/C35H50N6O/c1-24(2)16-33-22-40(21-31(36)20-29-13-11-25(3)17-26(29)4)32(10-7-15-39-35(37)38)23-41(33)34(42)19-27-12-14-28-8-5-6-9-30(28)18-27/h5-6,8-9,11-14,17-18,24,31-33H,7,10,15-16,19-23,36H2,1-4H3,(H4,37,38,39)/t31-,32?,33+/m0/s1. The fourth-order valence-electron chi connectivity index (χ4n) is 6.44. The second-order valence-electron chi connectivity index (χ2n) is 12.6. The second-order valence-corrected chi connectivity index (χ2v) is 12.6. The molecule has 3 aromatic rings. The number of aryl methyl sites for hydroxylation is 2. The van der Waals surface area contributed by atoms with Crippen LogP contribution in [0, 0.1) is 19.8 Å². The normalized spacial score (nSPS) is 18.4. The van der Waals surface area contributed by atoms with Gasteiger partial charge in [0, 0.05) is 44.3 Å². The van der Waals surface area contributed by atoms with E-state index in [1.54, 1.807) is 0 Å². The van der Waals surface area contributed by atoms with Gasteiger partial charge in [0.15, 0.2) is 5.96 Å². The van der Waals surface area contributed by atoms with Crippen LogP contribution in [0.1, 0.15) is 55.4 Å². The molecule has 0 aliphatic carbocycles. The van der Waals surface area contributed by atoms with Crippen LogP contribution in [0.3, 0.4) is 0 Å². The van der Waals surface area contributed by atoms with Crippen LogP contribution in [0.2, 0.25) is 0 Å². The molecule has 0 radical (unpaired) electrons. The summed E-state index contributed by atoms with van der Waals surface area (Å²) >= 11 is 0. The molecule has 0 aromatic heterocycles. The van der Waals surface area contributed by atoms with E-state index in [-0.39, 0.29) is 30.0 Å². The van der Waals surface area contributed by atoms with Gasteiger partial charge in [0.05, 0.1) is 6.42 Å². The number of nitrogens with zero attached hydrogens (tertiary/aromatic N) is 3. The fraction of sp³-hybridized carbons (Fsp3) is 0.486. The molecule has 1 aliphatic heterocycles. The average Bonchev–Trinajstić information content (AvgIpc) is 2.93. The summed E-state index contributed by atoms with van der Waals surface area (Å²) in [4.78, 5) is 22.8. The SMILES string of the molecule is Cc1ccc(C[C@H](N)CN2C[C@@H](CC(C)C)N(C(=O)Cc3ccc4ccccc4c3)CC2CCCN=C(N)N)c(C)c1. The molecular formula is C35H50N6O. The third-order valence-electron chi connectivity index (χ3n) is 8.48. The molecule has 1 unspecified atom stereocenters. The van der Waals surface area contributed by atoms with Gasteiger partial charge in [-0.25, -0.2) is 0 Å². The number of carbonyl (C=O) groups is 1. The zero-order valence-corrected chi connectivity index (χ0v) is 25.9. The Bertz CT molecular complexity index is 1360. The van der Waals surface area contributed by atoms with Gasteiger partial charge in [0.2, 0.25) is 5.91 Å². The van der Waals surface area contributed by atoms with Crippen molar-refractivity contribution in [2.45, 2.75) is 77.9 Å². The lowest BCUT2D eigenvalue weighted by Gasteiger charge is -2.48. The van der Waals surface area contributed by atoms with Crippen LogP contribution in [-0.4, -0.2) is 66.0 Å². The summed E-state index contributed by atoms with van der Waals surface area (Å²) in [5.41, 5.74) is 22.9. The molecule has 3 atom stereocenters. The first-order chi connectivity index (χ1) is 20.1. The van der Waals surface area contributed by atoms with Gasteiger partial charge in [-0.3, -0.25) is 14.7 Å². The van der Waals surface area contributed by atoms with Gasteiger partial charge in [-0.1, -0.05) is 80.1 Å². The maximum absolute atomic E-state index is 13.9. The minimum absolute atomic E-state index is 0.00571. The zero-order valence-electron chi connectivity index (χ0n) is 25.9. The van der Waals surface area contributed by atoms with Crippen LogP contribution in [0.15, 0.2) is 65.7 Å². The van der Waals surface area contributed by atoms with Crippen LogP contribution in [-0.2, 0) is 17.6 Å². The maximum atomic E-state index is 13.9. The van der Waals surface area contributed by atoms with Crippen molar-refractivity contribution >= 4 is 22.6 Å². The van der Waals surface area contributed by atoms with E-state index in [4.69, 9.17) is 17.2 Å². The number of guanidine groups is 1. The summed E-state index contributed by atoms with van der Waals surface area (Å²) in [5, 5.41) is 2.36. The molecule has 1 amide bonds. The van der Waals surface area contributed by atoms with Gasteiger partial charge in [-0.15, -0.1) is 0 Å². The number of benzene rings is 3. The van der Waals surface area contributed by atoms with Crippen LogP contribution in [0.5, 0.6) is 0 Å². The Morgan fingerprint density at radius 2 is 1.74 bits per heavy atom. The molecule has 0 spiro atoms. The van der Waals surface area contributed by atoms with Crippen molar-refractivity contribution in [3.63, 3.8) is 0 Å². The average molecular weight is 571 g/mol. The maximum Gasteiger partial charge on any atom is 0.227 e. The van der Waals surface area contributed by atoms with Gasteiger partial charge in [0.1, 0.15) is 0 Å². The third-order valence-corrected chi connectivity index (χ3v) is 8.48. The minimum Gasteiger partial charge on any atom is -0.370 e. The quantitative estimate of drug-likeness (QED) is 0.168. The van der Waals surface area contributed by atoms with Gasteiger partial charge < -0.3 is 22.1 Å². The monoisotopic (exact) mass is 570 g/mol. The van der Waals surface area contributed by atoms with Crippen molar-refractivity contribution in [1.82, 2.24) is 9.80 Å². The van der Waals surface area contributed by atoms with Gasteiger partial charge in [-0.2, -0.15) is 0 Å². The number of rotatable bonds is 12. The van der Waals surface area contributed by atoms with E-state index < -0.39 is 0 Å². The molecule has 3 aromatic carbocycles. The molecule has 4 rings (SSSR count). The summed E-state index contributed by atoms with van der Waals surface area (Å²) in [6.07, 6.45) is 3.97. The Morgan fingerprint density at radius 1 is 0.976 bits per heavy atom. The van der Waals surface area contributed by atoms with Crippen molar-refractivity contribution in [3.8, 4) is 0 Å². The van der Waals surface area contributed by atoms with Gasteiger partial charge in [-0.05, 0) is 72.9 Å². The number of nitrogens with two attached hydrogens (primary N) is 3. The highest BCUT2D eigenvalue weighted by Gasteiger charge is 2.36. The van der Waals surface area contributed by atoms with Crippen molar-refractivity contribution in [2.75, 3.05) is 26.2 Å². The molecule has 1 aliphatic rings. The lowest BCUT2D eigenvalue weighted by Crippen LogP contribution is -2.62. The summed E-state index contributed by atoms with van der Waals surface area (Å²) < 4.78 is 0.